The molecule has 1 atom stereocenters. The molecule has 3 aromatic rings. The fourth-order valence-electron chi connectivity index (χ4n) is 5.86. The molecule has 0 saturated carbocycles. The molecule has 0 radical (unpaired) electrons. The highest BCUT2D eigenvalue weighted by Crippen LogP contribution is 2.32. The number of piperazine rings is 1. The van der Waals surface area contributed by atoms with Crippen LogP contribution in [0.4, 0.5) is 4.79 Å². The van der Waals surface area contributed by atoms with E-state index in [2.05, 4.69) is 62.1 Å². The van der Waals surface area contributed by atoms with E-state index >= 15 is 0 Å². The van der Waals surface area contributed by atoms with E-state index < -0.39 is 5.60 Å². The Hall–Kier alpha value is -3.26. The summed E-state index contributed by atoms with van der Waals surface area (Å²) < 4.78 is 11.6. The fourth-order valence-corrected chi connectivity index (χ4v) is 6.19. The summed E-state index contributed by atoms with van der Waals surface area (Å²) in [5.74, 6) is 0.854. The molecule has 9 heteroatoms. The van der Waals surface area contributed by atoms with Gasteiger partial charge in [-0.25, -0.2) is 4.79 Å². The first-order valence-corrected chi connectivity index (χ1v) is 16.7. The first kappa shape index (κ1) is 34.1. The van der Waals surface area contributed by atoms with Gasteiger partial charge in [-0.1, -0.05) is 86.4 Å². The largest absolute Gasteiger partial charge is 0.489 e. The van der Waals surface area contributed by atoms with Crippen LogP contribution in [-0.4, -0.2) is 65.0 Å². The van der Waals surface area contributed by atoms with Crippen molar-refractivity contribution in [1.82, 2.24) is 14.7 Å². The van der Waals surface area contributed by atoms with Crippen LogP contribution in [0.25, 0.3) is 0 Å². The van der Waals surface area contributed by atoms with E-state index in [1.807, 2.05) is 49.9 Å². The van der Waals surface area contributed by atoms with Gasteiger partial charge in [-0.15, -0.1) is 0 Å². The highest BCUT2D eigenvalue weighted by atomic mass is 35.5. The summed E-state index contributed by atoms with van der Waals surface area (Å²) in [5.41, 5.74) is 3.82. The van der Waals surface area contributed by atoms with Crippen molar-refractivity contribution in [1.29, 1.82) is 0 Å². The van der Waals surface area contributed by atoms with Crippen molar-refractivity contribution in [2.75, 3.05) is 32.7 Å². The Morgan fingerprint density at radius 3 is 2.07 bits per heavy atom. The second kappa shape index (κ2) is 13.8. The van der Waals surface area contributed by atoms with Crippen molar-refractivity contribution in [3.63, 3.8) is 0 Å². The van der Waals surface area contributed by atoms with Crippen LogP contribution in [0.2, 0.25) is 10.0 Å². The summed E-state index contributed by atoms with van der Waals surface area (Å²) in [7, 11) is 0. The Balaban J connectivity index is 1.18. The molecule has 5 rings (SSSR count). The Bertz CT molecular complexity index is 1520. The van der Waals surface area contributed by atoms with E-state index in [0.717, 1.165) is 29.0 Å². The third-order valence-corrected chi connectivity index (χ3v) is 9.24. The summed E-state index contributed by atoms with van der Waals surface area (Å²) in [6, 6.07) is 21.8. The number of carbonyl (C=O) groups is 2. The molecule has 0 N–H and O–H groups in total. The lowest BCUT2D eigenvalue weighted by atomic mass is 9.86. The lowest BCUT2D eigenvalue weighted by Gasteiger charge is -2.46. The van der Waals surface area contributed by atoms with E-state index in [1.165, 1.54) is 5.56 Å². The number of benzene rings is 3. The minimum atomic E-state index is -0.581. The molecule has 1 unspecified atom stereocenters. The number of halogens is 2. The molecule has 0 bridgehead atoms. The zero-order valence-electron chi connectivity index (χ0n) is 27.7. The Morgan fingerprint density at radius 1 is 0.804 bits per heavy atom. The average Bonchev–Trinajstić information content (AvgIpc) is 2.98. The molecule has 3 aromatic carbocycles. The normalized spacial score (nSPS) is 17.9. The van der Waals surface area contributed by atoms with Gasteiger partial charge in [-0.05, 0) is 72.7 Å². The predicted molar refractivity (Wildman–Crippen MR) is 183 cm³/mol. The van der Waals surface area contributed by atoms with Crippen molar-refractivity contribution >= 4 is 35.2 Å². The van der Waals surface area contributed by atoms with Crippen molar-refractivity contribution in [2.24, 2.45) is 5.92 Å². The number of nitrogens with zero attached hydrogens (tertiary/aromatic N) is 3. The second-order valence-corrected chi connectivity index (χ2v) is 15.2. The first-order chi connectivity index (χ1) is 21.7. The smallest absolute Gasteiger partial charge is 0.410 e. The molecular formula is C37H45Cl2N3O4. The number of ether oxygens (including phenoxy) is 2. The van der Waals surface area contributed by atoms with Gasteiger partial charge in [-0.2, -0.15) is 0 Å². The van der Waals surface area contributed by atoms with Crippen molar-refractivity contribution in [2.45, 2.75) is 71.8 Å². The zero-order chi connectivity index (χ0) is 33.2. The van der Waals surface area contributed by atoms with Crippen LogP contribution < -0.4 is 4.74 Å². The zero-order valence-corrected chi connectivity index (χ0v) is 29.2. The summed E-state index contributed by atoms with van der Waals surface area (Å²) in [4.78, 5) is 32.9. The molecule has 2 heterocycles. The van der Waals surface area contributed by atoms with Crippen LogP contribution in [0.15, 0.2) is 66.7 Å². The minimum Gasteiger partial charge on any atom is -0.489 e. The molecule has 246 valence electrons. The van der Waals surface area contributed by atoms with Crippen LogP contribution in [0, 0.1) is 5.92 Å². The third kappa shape index (κ3) is 8.55. The van der Waals surface area contributed by atoms with Gasteiger partial charge in [0.15, 0.2) is 0 Å². The fraction of sp³-hybridized carbons (Fsp3) is 0.459. The highest BCUT2D eigenvalue weighted by Gasteiger charge is 2.41. The molecule has 2 amide bonds. The molecule has 46 heavy (non-hydrogen) atoms. The number of hydrogen-bond acceptors (Lipinski definition) is 5. The van der Waals surface area contributed by atoms with Gasteiger partial charge in [0.05, 0.1) is 22.0 Å². The Morgan fingerprint density at radius 2 is 1.46 bits per heavy atom. The number of carbonyl (C=O) groups excluding carboxylic acids is 2. The van der Waals surface area contributed by atoms with Gasteiger partial charge in [0.1, 0.15) is 18.0 Å². The Kier molecular flexibility index (Phi) is 10.3. The molecule has 0 aromatic heterocycles. The Labute approximate surface area is 283 Å². The maximum atomic E-state index is 13.9. The van der Waals surface area contributed by atoms with Crippen molar-refractivity contribution in [3.8, 4) is 5.75 Å². The van der Waals surface area contributed by atoms with Crippen molar-refractivity contribution < 1.29 is 19.1 Å². The standard InChI is InChI=1S/C37H45Cl2N3O4/c1-36(2,3)29-12-10-27(11-13-29)33-23-41(35(44)46-37(4,5)6)17-18-42(33)34(43)28-21-40(22-28)20-25-7-14-30(15-8-25)45-24-26-9-16-31(38)32(39)19-26/h7-16,19,28,33H,17-18,20-24H2,1-6H3. The van der Waals surface area contributed by atoms with Crippen LogP contribution >= 0.6 is 23.2 Å². The summed E-state index contributed by atoms with van der Waals surface area (Å²) in [5, 5.41) is 1.04. The molecule has 7 nitrogen and oxygen atoms in total. The minimum absolute atomic E-state index is 0.0259. The molecule has 2 aliphatic heterocycles. The van der Waals surface area contributed by atoms with E-state index in [4.69, 9.17) is 32.7 Å². The van der Waals surface area contributed by atoms with Gasteiger partial charge in [0.2, 0.25) is 5.91 Å². The SMILES string of the molecule is CC(C)(C)OC(=O)N1CCN(C(=O)C2CN(Cc3ccc(OCc4ccc(Cl)c(Cl)c4)cc3)C2)C(c2ccc(C(C)(C)C)cc2)C1. The summed E-state index contributed by atoms with van der Waals surface area (Å²) in [6.07, 6.45) is -0.337. The van der Waals surface area contributed by atoms with Gasteiger partial charge >= 0.3 is 6.09 Å². The van der Waals surface area contributed by atoms with Gasteiger partial charge in [0.25, 0.3) is 0 Å². The van der Waals surface area contributed by atoms with Crippen LogP contribution in [0.3, 0.4) is 0 Å². The van der Waals surface area contributed by atoms with Crippen molar-refractivity contribution in [3.05, 3.63) is 99.0 Å². The number of hydrogen-bond donors (Lipinski definition) is 0. The molecule has 2 fully saturated rings. The molecule has 2 saturated heterocycles. The summed E-state index contributed by atoms with van der Waals surface area (Å²) >= 11 is 12.1. The van der Waals surface area contributed by atoms with Crippen LogP contribution in [0.5, 0.6) is 5.75 Å². The lowest BCUT2D eigenvalue weighted by molar-refractivity contribution is -0.146. The highest BCUT2D eigenvalue weighted by molar-refractivity contribution is 6.42. The van der Waals surface area contributed by atoms with E-state index in [0.29, 0.717) is 49.4 Å². The maximum absolute atomic E-state index is 13.9. The molecular weight excluding hydrogens is 621 g/mol. The van der Waals surface area contributed by atoms with Gasteiger partial charge in [0, 0.05) is 39.3 Å². The second-order valence-electron chi connectivity index (χ2n) is 14.4. The number of amides is 2. The molecule has 0 spiro atoms. The predicted octanol–water partition coefficient (Wildman–Crippen LogP) is 8.12. The van der Waals surface area contributed by atoms with E-state index in [9.17, 15) is 9.59 Å². The summed E-state index contributed by atoms with van der Waals surface area (Å²) in [6.45, 7) is 16.1. The van der Waals surface area contributed by atoms with Crippen LogP contribution in [0.1, 0.15) is 69.8 Å². The number of likely N-dealkylation sites (tertiary alicyclic amines) is 1. The maximum Gasteiger partial charge on any atom is 0.410 e. The average molecular weight is 667 g/mol. The van der Waals surface area contributed by atoms with E-state index in [-0.39, 0.29) is 29.4 Å². The van der Waals surface area contributed by atoms with E-state index in [1.54, 1.807) is 11.0 Å². The first-order valence-electron chi connectivity index (χ1n) is 15.9. The topological polar surface area (TPSA) is 62.3 Å². The molecule has 0 aliphatic carbocycles. The number of rotatable bonds is 7. The van der Waals surface area contributed by atoms with Crippen LogP contribution in [-0.2, 0) is 28.1 Å². The molecule has 2 aliphatic rings. The lowest BCUT2D eigenvalue weighted by Crippen LogP contribution is -2.59. The third-order valence-electron chi connectivity index (χ3n) is 8.50. The van der Waals surface area contributed by atoms with Gasteiger partial charge in [-0.3, -0.25) is 9.69 Å². The van der Waals surface area contributed by atoms with Gasteiger partial charge < -0.3 is 19.3 Å². The monoisotopic (exact) mass is 665 g/mol. The quantitative estimate of drug-likeness (QED) is 0.255.